The summed E-state index contributed by atoms with van der Waals surface area (Å²) in [6.45, 7) is 6.00. The summed E-state index contributed by atoms with van der Waals surface area (Å²) in [6.07, 6.45) is 4.52. The van der Waals surface area contributed by atoms with E-state index in [1.54, 1.807) is 12.1 Å². The van der Waals surface area contributed by atoms with Gasteiger partial charge in [0.1, 0.15) is 18.1 Å². The SMILES string of the molecule is CC(CCc1ccc(O)cc1)NC(=O)Cc1c(-c2ccccc2)[nH]c2cc(OCCN3CCCC3)ccc12. The number of aryl methyl sites for hydroxylation is 1. The number of carbonyl (C=O) groups is 1. The lowest BCUT2D eigenvalue weighted by Gasteiger charge is -2.15. The highest BCUT2D eigenvalue weighted by atomic mass is 16.5. The van der Waals surface area contributed by atoms with Crippen molar-refractivity contribution in [2.45, 2.75) is 45.1 Å². The molecule has 1 saturated heterocycles. The number of H-pyrrole nitrogens is 1. The molecular formula is C32H37N3O3. The van der Waals surface area contributed by atoms with Gasteiger partial charge in [0.2, 0.25) is 5.91 Å². The van der Waals surface area contributed by atoms with Crippen LogP contribution in [0.2, 0.25) is 0 Å². The molecule has 3 aromatic carbocycles. The van der Waals surface area contributed by atoms with Crippen LogP contribution >= 0.6 is 0 Å². The Morgan fingerprint density at radius 2 is 1.82 bits per heavy atom. The van der Waals surface area contributed by atoms with Crippen LogP contribution in [0.15, 0.2) is 72.8 Å². The summed E-state index contributed by atoms with van der Waals surface area (Å²) in [7, 11) is 0. The van der Waals surface area contributed by atoms with E-state index in [9.17, 15) is 9.90 Å². The monoisotopic (exact) mass is 511 g/mol. The van der Waals surface area contributed by atoms with Crippen molar-refractivity contribution in [3.05, 3.63) is 83.9 Å². The molecule has 1 unspecified atom stereocenters. The third kappa shape index (κ3) is 6.56. The maximum absolute atomic E-state index is 13.2. The van der Waals surface area contributed by atoms with E-state index in [2.05, 4.69) is 33.4 Å². The van der Waals surface area contributed by atoms with Crippen LogP contribution in [-0.2, 0) is 17.6 Å². The first-order chi connectivity index (χ1) is 18.5. The Hall–Kier alpha value is -3.77. The summed E-state index contributed by atoms with van der Waals surface area (Å²) >= 11 is 0. The molecule has 1 aliphatic heterocycles. The minimum atomic E-state index is 0.00669. The van der Waals surface area contributed by atoms with E-state index in [1.807, 2.05) is 49.4 Å². The highest BCUT2D eigenvalue weighted by molar-refractivity contribution is 5.95. The quantitative estimate of drug-likeness (QED) is 0.242. The number of carbonyl (C=O) groups excluding carboxylic acids is 1. The largest absolute Gasteiger partial charge is 0.508 e. The number of aromatic amines is 1. The Bertz CT molecular complexity index is 1340. The second-order valence-corrected chi connectivity index (χ2v) is 10.3. The van der Waals surface area contributed by atoms with Crippen molar-refractivity contribution < 1.29 is 14.6 Å². The molecule has 198 valence electrons. The molecule has 6 nitrogen and oxygen atoms in total. The molecule has 5 rings (SSSR count). The lowest BCUT2D eigenvalue weighted by molar-refractivity contribution is -0.121. The fourth-order valence-corrected chi connectivity index (χ4v) is 5.26. The fraction of sp³-hybridized carbons (Fsp3) is 0.344. The number of phenolic OH excluding ortho intramolecular Hbond substituents is 1. The molecule has 0 spiro atoms. The van der Waals surface area contributed by atoms with Crippen LogP contribution in [0, 0.1) is 0 Å². The summed E-state index contributed by atoms with van der Waals surface area (Å²) in [5, 5.41) is 13.7. The van der Waals surface area contributed by atoms with Crippen LogP contribution in [0.1, 0.15) is 37.3 Å². The number of phenols is 1. The molecule has 3 N–H and O–H groups in total. The van der Waals surface area contributed by atoms with Crippen LogP contribution in [0.5, 0.6) is 11.5 Å². The molecular weight excluding hydrogens is 474 g/mol. The topological polar surface area (TPSA) is 77.6 Å². The Kier molecular flexibility index (Phi) is 8.29. The number of benzene rings is 3. The number of amides is 1. The zero-order chi connectivity index (χ0) is 26.3. The Labute approximate surface area is 224 Å². The van der Waals surface area contributed by atoms with Gasteiger partial charge in [-0.15, -0.1) is 0 Å². The van der Waals surface area contributed by atoms with Gasteiger partial charge in [0.15, 0.2) is 0 Å². The molecule has 4 aromatic rings. The summed E-state index contributed by atoms with van der Waals surface area (Å²) in [6, 6.07) is 23.6. The number of hydrogen-bond donors (Lipinski definition) is 3. The Morgan fingerprint density at radius 1 is 1.05 bits per heavy atom. The van der Waals surface area contributed by atoms with E-state index in [-0.39, 0.29) is 17.7 Å². The van der Waals surface area contributed by atoms with E-state index in [0.29, 0.717) is 13.0 Å². The van der Waals surface area contributed by atoms with Gasteiger partial charge in [-0.2, -0.15) is 0 Å². The van der Waals surface area contributed by atoms with Crippen molar-refractivity contribution >= 4 is 16.8 Å². The average molecular weight is 512 g/mol. The van der Waals surface area contributed by atoms with Crippen molar-refractivity contribution in [2.24, 2.45) is 0 Å². The molecule has 6 heteroatoms. The van der Waals surface area contributed by atoms with E-state index < -0.39 is 0 Å². The van der Waals surface area contributed by atoms with E-state index in [0.717, 1.165) is 58.4 Å². The Balaban J connectivity index is 1.28. The van der Waals surface area contributed by atoms with Gasteiger partial charge in [-0.05, 0) is 86.7 Å². The molecule has 1 aliphatic rings. The number of ether oxygens (including phenoxy) is 1. The van der Waals surface area contributed by atoms with Crippen molar-refractivity contribution in [2.75, 3.05) is 26.2 Å². The molecule has 0 saturated carbocycles. The lowest BCUT2D eigenvalue weighted by atomic mass is 10.0. The van der Waals surface area contributed by atoms with Crippen molar-refractivity contribution in [3.63, 3.8) is 0 Å². The summed E-state index contributed by atoms with van der Waals surface area (Å²) in [4.78, 5) is 19.2. The smallest absolute Gasteiger partial charge is 0.224 e. The second kappa shape index (κ2) is 12.2. The normalized spacial score (nSPS) is 14.6. The standard InChI is InChI=1S/C32H37N3O3/c1-23(9-10-24-11-13-26(36)14-12-24)33-31(37)22-29-28-16-15-27(38-20-19-35-17-5-6-18-35)21-30(28)34-32(29)25-7-3-2-4-8-25/h2-4,7-8,11-16,21,23,34,36H,5-6,9-10,17-20,22H2,1H3,(H,33,37). The maximum Gasteiger partial charge on any atom is 0.224 e. The molecule has 0 bridgehead atoms. The average Bonchev–Trinajstić information content (AvgIpc) is 3.57. The van der Waals surface area contributed by atoms with E-state index >= 15 is 0 Å². The van der Waals surface area contributed by atoms with Crippen LogP contribution in [-0.4, -0.2) is 53.2 Å². The molecule has 1 fully saturated rings. The zero-order valence-electron chi connectivity index (χ0n) is 22.1. The molecule has 0 aliphatic carbocycles. The highest BCUT2D eigenvalue weighted by Gasteiger charge is 2.18. The molecule has 1 atom stereocenters. The van der Waals surface area contributed by atoms with Crippen molar-refractivity contribution in [3.8, 4) is 22.8 Å². The number of aromatic hydroxyl groups is 1. The first-order valence-electron chi connectivity index (χ1n) is 13.7. The van der Waals surface area contributed by atoms with Crippen molar-refractivity contribution in [1.82, 2.24) is 15.2 Å². The third-order valence-corrected chi connectivity index (χ3v) is 7.36. The number of nitrogens with one attached hydrogen (secondary N) is 2. The predicted molar refractivity (Wildman–Crippen MR) is 153 cm³/mol. The van der Waals surface area contributed by atoms with Gasteiger partial charge < -0.3 is 20.1 Å². The number of likely N-dealkylation sites (tertiary alicyclic amines) is 1. The minimum Gasteiger partial charge on any atom is -0.508 e. The molecule has 0 radical (unpaired) electrons. The molecule has 1 aromatic heterocycles. The minimum absolute atomic E-state index is 0.00669. The number of aromatic nitrogens is 1. The fourth-order valence-electron chi connectivity index (χ4n) is 5.26. The van der Waals surface area contributed by atoms with Crippen molar-refractivity contribution in [1.29, 1.82) is 0 Å². The predicted octanol–water partition coefficient (Wildman–Crippen LogP) is 5.70. The summed E-state index contributed by atoms with van der Waals surface area (Å²) in [5.41, 5.74) is 5.15. The number of rotatable bonds is 11. The zero-order valence-corrected chi connectivity index (χ0v) is 22.1. The van der Waals surface area contributed by atoms with Gasteiger partial charge in [0.25, 0.3) is 0 Å². The van der Waals surface area contributed by atoms with Gasteiger partial charge in [-0.1, -0.05) is 42.5 Å². The van der Waals surface area contributed by atoms with Crippen LogP contribution < -0.4 is 10.1 Å². The molecule has 1 amide bonds. The van der Waals surface area contributed by atoms with Gasteiger partial charge in [-0.25, -0.2) is 0 Å². The maximum atomic E-state index is 13.2. The van der Waals surface area contributed by atoms with Gasteiger partial charge in [-0.3, -0.25) is 9.69 Å². The number of fused-ring (bicyclic) bond motifs is 1. The van der Waals surface area contributed by atoms with Crippen LogP contribution in [0.25, 0.3) is 22.2 Å². The molecule has 38 heavy (non-hydrogen) atoms. The van der Waals surface area contributed by atoms with Gasteiger partial charge >= 0.3 is 0 Å². The van der Waals surface area contributed by atoms with Crippen LogP contribution in [0.3, 0.4) is 0 Å². The van der Waals surface area contributed by atoms with Gasteiger partial charge in [0, 0.05) is 29.6 Å². The Morgan fingerprint density at radius 3 is 2.58 bits per heavy atom. The number of hydrogen-bond acceptors (Lipinski definition) is 4. The van der Waals surface area contributed by atoms with E-state index in [1.165, 1.54) is 25.9 Å². The third-order valence-electron chi connectivity index (χ3n) is 7.36. The second-order valence-electron chi connectivity index (χ2n) is 10.3. The highest BCUT2D eigenvalue weighted by Crippen LogP contribution is 2.33. The summed E-state index contributed by atoms with van der Waals surface area (Å²) in [5.74, 6) is 1.12. The number of nitrogens with zero attached hydrogens (tertiary/aromatic N) is 1. The first-order valence-corrected chi connectivity index (χ1v) is 13.7. The lowest BCUT2D eigenvalue weighted by Crippen LogP contribution is -2.34. The first kappa shape index (κ1) is 25.9. The van der Waals surface area contributed by atoms with E-state index in [4.69, 9.17) is 4.74 Å². The van der Waals surface area contributed by atoms with Gasteiger partial charge in [0.05, 0.1) is 12.1 Å². The summed E-state index contributed by atoms with van der Waals surface area (Å²) < 4.78 is 6.08. The molecule has 2 heterocycles. The van der Waals surface area contributed by atoms with Crippen LogP contribution in [0.4, 0.5) is 0 Å².